The predicted octanol–water partition coefficient (Wildman–Crippen LogP) is 2.86. The Hall–Kier alpha value is -0.120. The molecule has 1 N–H and O–H groups in total. The summed E-state index contributed by atoms with van der Waals surface area (Å²) in [5.41, 5.74) is 0.502. The van der Waals surface area contributed by atoms with Crippen LogP contribution in [-0.2, 0) is 0 Å². The van der Waals surface area contributed by atoms with Gasteiger partial charge in [-0.1, -0.05) is 25.7 Å². The lowest BCUT2D eigenvalue weighted by molar-refractivity contribution is 0.0296. The Morgan fingerprint density at radius 2 is 1.48 bits per heavy atom. The summed E-state index contributed by atoms with van der Waals surface area (Å²) < 4.78 is 0. The molecule has 21 heavy (non-hydrogen) atoms. The lowest BCUT2D eigenvalue weighted by Gasteiger charge is -2.49. The summed E-state index contributed by atoms with van der Waals surface area (Å²) in [7, 11) is 2.26. The molecule has 3 heteroatoms. The van der Waals surface area contributed by atoms with Gasteiger partial charge in [-0.25, -0.2) is 0 Å². The van der Waals surface area contributed by atoms with Gasteiger partial charge in [0.15, 0.2) is 0 Å². The highest BCUT2D eigenvalue weighted by molar-refractivity contribution is 4.97. The first-order valence-corrected chi connectivity index (χ1v) is 9.46. The Bertz CT molecular complexity index is 298. The van der Waals surface area contributed by atoms with Crippen molar-refractivity contribution in [1.29, 1.82) is 0 Å². The minimum absolute atomic E-state index is 0.502. The number of hydrogen-bond acceptors (Lipinski definition) is 3. The van der Waals surface area contributed by atoms with Crippen molar-refractivity contribution in [3.8, 4) is 0 Å². The Balaban J connectivity index is 1.56. The molecule has 0 atom stereocenters. The monoisotopic (exact) mass is 293 g/mol. The molecule has 3 fully saturated rings. The molecule has 2 aliphatic heterocycles. The number of likely N-dealkylation sites (tertiary alicyclic amines) is 2. The molecule has 122 valence electrons. The maximum absolute atomic E-state index is 3.98. The fourth-order valence-electron chi connectivity index (χ4n) is 4.73. The van der Waals surface area contributed by atoms with Crippen LogP contribution in [0.5, 0.6) is 0 Å². The van der Waals surface area contributed by atoms with Crippen molar-refractivity contribution < 1.29 is 0 Å². The second kappa shape index (κ2) is 7.43. The van der Waals surface area contributed by atoms with E-state index in [0.717, 1.165) is 6.04 Å². The van der Waals surface area contributed by atoms with E-state index in [1.165, 1.54) is 96.9 Å². The minimum Gasteiger partial charge on any atom is -0.312 e. The second-order valence-corrected chi connectivity index (χ2v) is 7.79. The molecule has 3 aliphatic rings. The van der Waals surface area contributed by atoms with Crippen molar-refractivity contribution >= 4 is 0 Å². The van der Waals surface area contributed by atoms with Crippen LogP contribution in [-0.4, -0.2) is 61.2 Å². The summed E-state index contributed by atoms with van der Waals surface area (Å²) in [5.74, 6) is 0. The first-order chi connectivity index (χ1) is 10.3. The molecule has 1 saturated carbocycles. The molecule has 0 amide bonds. The molecule has 0 unspecified atom stereocenters. The van der Waals surface area contributed by atoms with E-state index in [4.69, 9.17) is 0 Å². The van der Waals surface area contributed by atoms with E-state index in [0.29, 0.717) is 5.54 Å². The van der Waals surface area contributed by atoms with Gasteiger partial charge in [0, 0.05) is 18.1 Å². The average Bonchev–Trinajstić information content (AvgIpc) is 2.56. The van der Waals surface area contributed by atoms with E-state index in [1.807, 2.05) is 0 Å². The zero-order valence-corrected chi connectivity index (χ0v) is 14.1. The van der Waals surface area contributed by atoms with Crippen LogP contribution in [0.1, 0.15) is 64.2 Å². The summed E-state index contributed by atoms with van der Waals surface area (Å²) in [6.07, 6.45) is 14.2. The molecule has 0 aromatic rings. The fourth-order valence-corrected chi connectivity index (χ4v) is 4.73. The highest BCUT2D eigenvalue weighted by atomic mass is 15.2. The highest BCUT2D eigenvalue weighted by Gasteiger charge is 2.38. The van der Waals surface area contributed by atoms with E-state index >= 15 is 0 Å². The largest absolute Gasteiger partial charge is 0.312 e. The van der Waals surface area contributed by atoms with Crippen molar-refractivity contribution in [2.24, 2.45) is 0 Å². The third-order valence-electron chi connectivity index (χ3n) is 6.25. The smallest absolute Gasteiger partial charge is 0.0334 e. The molecule has 0 radical (unpaired) electrons. The third kappa shape index (κ3) is 4.00. The van der Waals surface area contributed by atoms with Crippen molar-refractivity contribution in [2.75, 3.05) is 39.8 Å². The fraction of sp³-hybridized carbons (Fsp3) is 1.00. The molecule has 3 nitrogen and oxygen atoms in total. The minimum atomic E-state index is 0.502. The normalized spacial score (nSPS) is 29.6. The topological polar surface area (TPSA) is 18.5 Å². The summed E-state index contributed by atoms with van der Waals surface area (Å²) in [4.78, 5) is 5.34. The van der Waals surface area contributed by atoms with E-state index in [9.17, 15) is 0 Å². The lowest BCUT2D eigenvalue weighted by atomic mass is 9.79. The Labute approximate surface area is 131 Å². The number of nitrogens with zero attached hydrogens (tertiary/aromatic N) is 2. The van der Waals surface area contributed by atoms with E-state index in [-0.39, 0.29) is 0 Å². The first-order valence-electron chi connectivity index (χ1n) is 9.46. The van der Waals surface area contributed by atoms with Crippen LogP contribution >= 0.6 is 0 Å². The number of hydrogen-bond donors (Lipinski definition) is 1. The second-order valence-electron chi connectivity index (χ2n) is 7.79. The lowest BCUT2D eigenvalue weighted by Crippen LogP contribution is -2.59. The van der Waals surface area contributed by atoms with Gasteiger partial charge in [-0.2, -0.15) is 0 Å². The number of rotatable bonds is 4. The zero-order valence-electron chi connectivity index (χ0n) is 14.1. The summed E-state index contributed by atoms with van der Waals surface area (Å²) in [6, 6.07) is 0.768. The third-order valence-corrected chi connectivity index (χ3v) is 6.25. The Morgan fingerprint density at radius 3 is 2.14 bits per heavy atom. The molecule has 2 heterocycles. The van der Waals surface area contributed by atoms with Gasteiger partial charge in [-0.15, -0.1) is 0 Å². The Kier molecular flexibility index (Phi) is 5.58. The number of piperidine rings is 2. The number of nitrogens with one attached hydrogen (secondary N) is 1. The van der Waals surface area contributed by atoms with Crippen molar-refractivity contribution in [1.82, 2.24) is 15.1 Å². The maximum atomic E-state index is 3.98. The van der Waals surface area contributed by atoms with Crippen molar-refractivity contribution in [3.05, 3.63) is 0 Å². The van der Waals surface area contributed by atoms with Gasteiger partial charge < -0.3 is 10.2 Å². The van der Waals surface area contributed by atoms with Gasteiger partial charge in [0.05, 0.1) is 0 Å². The standard InChI is InChI=1S/C18H35N3/c1-20-14-8-17(9-15-20)19-16-18(10-4-2-5-11-18)21-12-6-3-7-13-21/h17,19H,2-16H2,1H3. The molecule has 0 aromatic heterocycles. The van der Waals surface area contributed by atoms with E-state index in [1.54, 1.807) is 0 Å². The Morgan fingerprint density at radius 1 is 0.857 bits per heavy atom. The van der Waals surface area contributed by atoms with Gasteiger partial charge in [-0.05, 0) is 71.8 Å². The SMILES string of the molecule is CN1CCC(NCC2(N3CCCCC3)CCCCC2)CC1. The van der Waals surface area contributed by atoms with E-state index in [2.05, 4.69) is 22.2 Å². The van der Waals surface area contributed by atoms with Gasteiger partial charge in [0.1, 0.15) is 0 Å². The molecule has 0 bridgehead atoms. The maximum Gasteiger partial charge on any atom is 0.0334 e. The molecule has 3 rings (SSSR count). The quantitative estimate of drug-likeness (QED) is 0.860. The van der Waals surface area contributed by atoms with Crippen LogP contribution in [0.15, 0.2) is 0 Å². The van der Waals surface area contributed by atoms with Gasteiger partial charge in [0.25, 0.3) is 0 Å². The molecule has 1 aliphatic carbocycles. The molecular formula is C18H35N3. The van der Waals surface area contributed by atoms with E-state index < -0.39 is 0 Å². The molecular weight excluding hydrogens is 258 g/mol. The molecule has 0 spiro atoms. The van der Waals surface area contributed by atoms with Crippen LogP contribution in [0.3, 0.4) is 0 Å². The van der Waals surface area contributed by atoms with Gasteiger partial charge in [0.2, 0.25) is 0 Å². The van der Waals surface area contributed by atoms with Crippen molar-refractivity contribution in [2.45, 2.75) is 75.8 Å². The zero-order chi connectivity index (χ0) is 14.5. The first kappa shape index (κ1) is 15.8. The van der Waals surface area contributed by atoms with Crippen LogP contribution in [0.2, 0.25) is 0 Å². The van der Waals surface area contributed by atoms with Gasteiger partial charge in [-0.3, -0.25) is 4.90 Å². The van der Waals surface area contributed by atoms with Crippen LogP contribution in [0.4, 0.5) is 0 Å². The average molecular weight is 293 g/mol. The summed E-state index contributed by atoms with van der Waals surface area (Å²) in [5, 5.41) is 3.98. The highest BCUT2D eigenvalue weighted by Crippen LogP contribution is 2.35. The molecule has 2 saturated heterocycles. The summed E-state index contributed by atoms with van der Waals surface area (Å²) in [6.45, 7) is 6.51. The van der Waals surface area contributed by atoms with Crippen LogP contribution in [0.25, 0.3) is 0 Å². The van der Waals surface area contributed by atoms with Crippen LogP contribution < -0.4 is 5.32 Å². The summed E-state index contributed by atoms with van der Waals surface area (Å²) >= 11 is 0. The van der Waals surface area contributed by atoms with Crippen LogP contribution in [0, 0.1) is 0 Å². The van der Waals surface area contributed by atoms with Crippen molar-refractivity contribution in [3.63, 3.8) is 0 Å². The van der Waals surface area contributed by atoms with Gasteiger partial charge >= 0.3 is 0 Å². The predicted molar refractivity (Wildman–Crippen MR) is 89.8 cm³/mol. The molecule has 0 aromatic carbocycles.